The lowest BCUT2D eigenvalue weighted by atomic mass is 9.97. The summed E-state index contributed by atoms with van der Waals surface area (Å²) < 4.78 is 55.2. The molecule has 0 radical (unpaired) electrons. The first kappa shape index (κ1) is 37.7. The Morgan fingerprint density at radius 2 is 1.15 bits per heavy atom. The Balaban J connectivity index is 2.78. The van der Waals surface area contributed by atoms with E-state index >= 15 is 0 Å². The van der Waals surface area contributed by atoms with E-state index in [1.807, 2.05) is 0 Å². The fraction of sp³-hybridized carbons (Fsp3) is 0.731. The van der Waals surface area contributed by atoms with Gasteiger partial charge in [0.05, 0.1) is 6.54 Å². The average Bonchev–Trinajstić information content (AvgIpc) is 3.18. The highest BCUT2D eigenvalue weighted by atomic mass is 16.8. The van der Waals surface area contributed by atoms with Crippen LogP contribution in [-0.2, 0) is 80.9 Å². The number of azide groups is 1. The van der Waals surface area contributed by atoms with Crippen LogP contribution in [0.15, 0.2) is 5.11 Å². The first-order chi connectivity index (χ1) is 21.5. The van der Waals surface area contributed by atoms with E-state index in [2.05, 4.69) is 10.0 Å². The number of carbonyl (C=O) groups excluding carboxylic acids is 7. The van der Waals surface area contributed by atoms with E-state index in [1.54, 1.807) is 0 Å². The second-order valence-corrected chi connectivity index (χ2v) is 9.95. The van der Waals surface area contributed by atoms with Gasteiger partial charge in [0, 0.05) is 53.4 Å². The van der Waals surface area contributed by atoms with E-state index < -0.39 is 116 Å². The summed E-state index contributed by atoms with van der Waals surface area (Å²) in [5, 5.41) is 3.43. The highest BCUT2D eigenvalue weighted by molar-refractivity contribution is 5.69. The molecule has 256 valence electrons. The standard InChI is InChI=1S/C26H35N3O17/c1-11(30)37-9-19-21(40-14(4)33)24(43-17(7)36)26(45-19,10-38-12(2)31)46-25-23(42-16(6)35)22(41-15(5)34)20(39-13(3)32)18(44-25)8-28-29-27/h18-25H,8-10H2,1-7H3/t18-,19-,20-,21-,22+,23-,24+,25-,26+/m1/s1. The van der Waals surface area contributed by atoms with Crippen LogP contribution in [0.3, 0.4) is 0 Å². The van der Waals surface area contributed by atoms with E-state index in [9.17, 15) is 33.6 Å². The molecule has 0 aromatic heterocycles. The Morgan fingerprint density at radius 3 is 1.65 bits per heavy atom. The van der Waals surface area contributed by atoms with Crippen LogP contribution in [0.5, 0.6) is 0 Å². The Bertz CT molecular complexity index is 1240. The molecule has 2 heterocycles. The second-order valence-electron chi connectivity index (χ2n) is 9.95. The third kappa shape index (κ3) is 10.5. The van der Waals surface area contributed by atoms with Gasteiger partial charge in [-0.3, -0.25) is 33.6 Å². The van der Waals surface area contributed by atoms with Crippen LogP contribution in [0.4, 0.5) is 0 Å². The molecule has 2 aliphatic heterocycles. The zero-order valence-corrected chi connectivity index (χ0v) is 26.0. The van der Waals surface area contributed by atoms with Crippen molar-refractivity contribution in [1.82, 2.24) is 0 Å². The molecule has 2 rings (SSSR count). The van der Waals surface area contributed by atoms with Gasteiger partial charge < -0.3 is 47.4 Å². The Morgan fingerprint density at radius 1 is 0.652 bits per heavy atom. The molecule has 0 saturated carbocycles. The molecule has 0 N–H and O–H groups in total. The molecule has 20 nitrogen and oxygen atoms in total. The molecule has 0 aliphatic carbocycles. The van der Waals surface area contributed by atoms with Crippen molar-refractivity contribution in [1.29, 1.82) is 0 Å². The molecule has 2 aliphatic rings. The minimum Gasteiger partial charge on any atom is -0.463 e. The third-order valence-electron chi connectivity index (χ3n) is 6.11. The maximum absolute atomic E-state index is 12.3. The minimum absolute atomic E-state index is 0.546. The molecular weight excluding hydrogens is 626 g/mol. The molecule has 0 spiro atoms. The van der Waals surface area contributed by atoms with Crippen molar-refractivity contribution in [3.05, 3.63) is 10.4 Å². The first-order valence-electron chi connectivity index (χ1n) is 13.6. The summed E-state index contributed by atoms with van der Waals surface area (Å²) in [6.45, 7) is 5.13. The monoisotopic (exact) mass is 661 g/mol. The molecule has 0 aromatic carbocycles. The van der Waals surface area contributed by atoms with Gasteiger partial charge in [0.25, 0.3) is 0 Å². The summed E-state index contributed by atoms with van der Waals surface area (Å²) in [5.41, 5.74) is 8.96. The molecule has 0 unspecified atom stereocenters. The molecule has 2 fully saturated rings. The van der Waals surface area contributed by atoms with E-state index in [1.165, 1.54) is 0 Å². The maximum atomic E-state index is 12.3. The third-order valence-corrected chi connectivity index (χ3v) is 6.11. The van der Waals surface area contributed by atoms with E-state index in [-0.39, 0.29) is 0 Å². The average molecular weight is 662 g/mol. The number of hydrogen-bond acceptors (Lipinski definition) is 18. The zero-order valence-electron chi connectivity index (χ0n) is 26.0. The van der Waals surface area contributed by atoms with Crippen LogP contribution in [0.25, 0.3) is 10.4 Å². The predicted octanol–water partition coefficient (Wildman–Crippen LogP) is -0.0820. The normalized spacial score (nSPS) is 30.1. The van der Waals surface area contributed by atoms with Gasteiger partial charge in [0.1, 0.15) is 25.4 Å². The van der Waals surface area contributed by atoms with E-state index in [4.69, 9.17) is 52.9 Å². The van der Waals surface area contributed by atoms with Crippen LogP contribution >= 0.6 is 0 Å². The molecule has 0 bridgehead atoms. The lowest BCUT2D eigenvalue weighted by molar-refractivity contribution is -0.381. The summed E-state index contributed by atoms with van der Waals surface area (Å²) in [6.07, 6.45) is -13.1. The van der Waals surface area contributed by atoms with E-state index in [0.717, 1.165) is 48.5 Å². The van der Waals surface area contributed by atoms with Gasteiger partial charge in [0.2, 0.25) is 12.1 Å². The quantitative estimate of drug-likeness (QED) is 0.0821. The van der Waals surface area contributed by atoms with Gasteiger partial charge >= 0.3 is 41.8 Å². The summed E-state index contributed by atoms with van der Waals surface area (Å²) >= 11 is 0. The molecule has 46 heavy (non-hydrogen) atoms. The SMILES string of the molecule is CC(=O)OC[C@H]1O[C@@](COC(C)=O)(O[C@H]2O[C@H](CN=[N+]=[N-])[C@@H](OC(C)=O)[C@H](OC(C)=O)[C@H]2OC(C)=O)[C@@H](OC(C)=O)[C@@H]1OC(C)=O. The Kier molecular flexibility index (Phi) is 13.7. The van der Waals surface area contributed by atoms with Gasteiger partial charge in [0.15, 0.2) is 30.5 Å². The highest BCUT2D eigenvalue weighted by Gasteiger charge is 2.64. The van der Waals surface area contributed by atoms with Crippen molar-refractivity contribution in [2.75, 3.05) is 19.8 Å². The van der Waals surface area contributed by atoms with Gasteiger partial charge in [-0.25, -0.2) is 0 Å². The predicted molar refractivity (Wildman–Crippen MR) is 142 cm³/mol. The Labute approximate surface area is 261 Å². The fourth-order valence-electron chi connectivity index (χ4n) is 4.69. The van der Waals surface area contributed by atoms with Crippen molar-refractivity contribution in [3.63, 3.8) is 0 Å². The zero-order chi connectivity index (χ0) is 34.8. The van der Waals surface area contributed by atoms with Crippen LogP contribution in [-0.4, -0.2) is 116 Å². The maximum Gasteiger partial charge on any atom is 0.303 e. The van der Waals surface area contributed by atoms with Crippen LogP contribution < -0.4 is 0 Å². The topological polar surface area (TPSA) is 261 Å². The van der Waals surface area contributed by atoms with Gasteiger partial charge in [-0.05, 0) is 5.53 Å². The molecule has 9 atom stereocenters. The molecule has 0 aromatic rings. The summed E-state index contributed by atoms with van der Waals surface area (Å²) in [7, 11) is 0. The molecular formula is C26H35N3O17. The van der Waals surface area contributed by atoms with Crippen molar-refractivity contribution in [3.8, 4) is 0 Å². The number of ether oxygens (including phenoxy) is 10. The Hall–Kier alpha value is -4.52. The van der Waals surface area contributed by atoms with Crippen molar-refractivity contribution in [2.24, 2.45) is 5.11 Å². The van der Waals surface area contributed by atoms with Gasteiger partial charge in [-0.2, -0.15) is 0 Å². The minimum atomic E-state index is -2.47. The first-order valence-corrected chi connectivity index (χ1v) is 13.6. The number of esters is 7. The number of nitrogens with zero attached hydrogens (tertiary/aromatic N) is 3. The lowest BCUT2D eigenvalue weighted by Gasteiger charge is -2.46. The summed E-state index contributed by atoms with van der Waals surface area (Å²) in [6, 6.07) is 0. The number of hydrogen-bond donors (Lipinski definition) is 0. The lowest BCUT2D eigenvalue weighted by Crippen LogP contribution is -2.65. The van der Waals surface area contributed by atoms with Gasteiger partial charge in [-0.15, -0.1) is 0 Å². The fourth-order valence-corrected chi connectivity index (χ4v) is 4.69. The second kappa shape index (κ2) is 16.7. The van der Waals surface area contributed by atoms with Crippen molar-refractivity contribution < 1.29 is 80.9 Å². The largest absolute Gasteiger partial charge is 0.463 e. The number of carbonyl (C=O) groups is 7. The molecule has 20 heteroatoms. The van der Waals surface area contributed by atoms with Crippen LogP contribution in [0.2, 0.25) is 0 Å². The summed E-state index contributed by atoms with van der Waals surface area (Å²) in [5.74, 6) is -8.72. The van der Waals surface area contributed by atoms with Crippen molar-refractivity contribution in [2.45, 2.75) is 103 Å². The smallest absolute Gasteiger partial charge is 0.303 e. The highest BCUT2D eigenvalue weighted by Crippen LogP contribution is 2.41. The molecule has 0 amide bonds. The van der Waals surface area contributed by atoms with Crippen molar-refractivity contribution >= 4 is 41.8 Å². The van der Waals surface area contributed by atoms with Crippen LogP contribution in [0.1, 0.15) is 48.5 Å². The van der Waals surface area contributed by atoms with Gasteiger partial charge in [-0.1, -0.05) is 5.11 Å². The summed E-state index contributed by atoms with van der Waals surface area (Å²) in [4.78, 5) is 87.1. The van der Waals surface area contributed by atoms with Crippen LogP contribution in [0, 0.1) is 0 Å². The molecule has 2 saturated heterocycles. The van der Waals surface area contributed by atoms with E-state index in [0.29, 0.717) is 0 Å². The number of rotatable bonds is 13.